The maximum Gasteiger partial charge on any atom is 0.240 e. The summed E-state index contributed by atoms with van der Waals surface area (Å²) in [7, 11) is 1.68. The van der Waals surface area contributed by atoms with Gasteiger partial charge in [0.25, 0.3) is 0 Å². The fourth-order valence-corrected chi connectivity index (χ4v) is 2.19. The van der Waals surface area contributed by atoms with E-state index >= 15 is 0 Å². The van der Waals surface area contributed by atoms with Crippen molar-refractivity contribution in [2.45, 2.75) is 33.2 Å². The molecule has 2 N–H and O–H groups in total. The molecule has 1 aromatic carbocycles. The van der Waals surface area contributed by atoms with Gasteiger partial charge in [0.15, 0.2) is 0 Å². The van der Waals surface area contributed by atoms with E-state index in [9.17, 15) is 0 Å². The van der Waals surface area contributed by atoms with Crippen LogP contribution in [0.4, 0.5) is 0 Å². The lowest BCUT2D eigenvalue weighted by Gasteiger charge is -2.17. The summed E-state index contributed by atoms with van der Waals surface area (Å²) in [5.41, 5.74) is 8.61. The molecule has 2 aromatic rings. The lowest BCUT2D eigenvalue weighted by atomic mass is 9.93. The summed E-state index contributed by atoms with van der Waals surface area (Å²) in [6, 6.07) is 4.00. The van der Waals surface area contributed by atoms with Crippen LogP contribution in [0.1, 0.15) is 36.8 Å². The van der Waals surface area contributed by atoms with Crippen molar-refractivity contribution in [1.29, 1.82) is 0 Å². The van der Waals surface area contributed by atoms with E-state index in [0.717, 1.165) is 22.4 Å². The molecular weight excluding hydrogens is 242 g/mol. The average Bonchev–Trinajstić information content (AvgIpc) is 2.86. The molecular formula is C14H19N3O2. The van der Waals surface area contributed by atoms with E-state index < -0.39 is 0 Å². The van der Waals surface area contributed by atoms with Gasteiger partial charge < -0.3 is 15.0 Å². The molecule has 0 radical (unpaired) electrons. The number of nitrogens with two attached hydrogens (primary N) is 1. The van der Waals surface area contributed by atoms with Crippen molar-refractivity contribution in [3.05, 3.63) is 29.2 Å². The minimum Gasteiger partial charge on any atom is -0.496 e. The molecule has 0 fully saturated rings. The lowest BCUT2D eigenvalue weighted by Crippen LogP contribution is -2.01. The first-order valence-corrected chi connectivity index (χ1v) is 6.29. The second-order valence-corrected chi connectivity index (χ2v) is 4.75. The third-order valence-corrected chi connectivity index (χ3v) is 3.06. The van der Waals surface area contributed by atoms with Gasteiger partial charge in [0, 0.05) is 11.1 Å². The smallest absolute Gasteiger partial charge is 0.240 e. The van der Waals surface area contributed by atoms with Crippen molar-refractivity contribution in [3.63, 3.8) is 0 Å². The number of aromatic nitrogens is 2. The van der Waals surface area contributed by atoms with Crippen molar-refractivity contribution < 1.29 is 9.26 Å². The molecule has 0 unspecified atom stereocenters. The molecule has 5 heteroatoms. The number of hydrogen-bond acceptors (Lipinski definition) is 5. The molecule has 0 saturated heterocycles. The van der Waals surface area contributed by atoms with Crippen molar-refractivity contribution in [2.24, 2.45) is 5.73 Å². The average molecular weight is 261 g/mol. The van der Waals surface area contributed by atoms with Crippen LogP contribution in [0, 0.1) is 6.92 Å². The Morgan fingerprint density at radius 2 is 2.11 bits per heavy atom. The Hall–Kier alpha value is -1.88. The van der Waals surface area contributed by atoms with Gasteiger partial charge in [-0.2, -0.15) is 4.98 Å². The summed E-state index contributed by atoms with van der Waals surface area (Å²) < 4.78 is 10.6. The molecule has 102 valence electrons. The highest BCUT2D eigenvalue weighted by molar-refractivity contribution is 5.66. The van der Waals surface area contributed by atoms with Crippen molar-refractivity contribution in [1.82, 2.24) is 10.1 Å². The van der Waals surface area contributed by atoms with Gasteiger partial charge in [-0.3, -0.25) is 0 Å². The van der Waals surface area contributed by atoms with Crippen LogP contribution in [0.5, 0.6) is 5.75 Å². The third kappa shape index (κ3) is 2.46. The van der Waals surface area contributed by atoms with Gasteiger partial charge in [-0.05, 0) is 18.4 Å². The second kappa shape index (κ2) is 5.40. The van der Waals surface area contributed by atoms with Crippen LogP contribution in [-0.2, 0) is 6.54 Å². The van der Waals surface area contributed by atoms with E-state index in [0.29, 0.717) is 17.6 Å². The largest absolute Gasteiger partial charge is 0.496 e. The van der Waals surface area contributed by atoms with Crippen molar-refractivity contribution in [3.8, 4) is 17.1 Å². The SMILES string of the molecule is COc1c(C)ccc(-c2noc(CN)n2)c1C(C)C. The van der Waals surface area contributed by atoms with Gasteiger partial charge in [0.05, 0.1) is 13.7 Å². The van der Waals surface area contributed by atoms with Crippen LogP contribution < -0.4 is 10.5 Å². The highest BCUT2D eigenvalue weighted by atomic mass is 16.5. The van der Waals surface area contributed by atoms with Gasteiger partial charge in [0.2, 0.25) is 11.7 Å². The highest BCUT2D eigenvalue weighted by Crippen LogP contribution is 2.37. The molecule has 0 aliphatic rings. The predicted molar refractivity (Wildman–Crippen MR) is 73.0 cm³/mol. The van der Waals surface area contributed by atoms with Crippen LogP contribution in [0.25, 0.3) is 11.4 Å². The van der Waals surface area contributed by atoms with Crippen LogP contribution in [0.2, 0.25) is 0 Å². The number of aryl methyl sites for hydroxylation is 1. The number of benzene rings is 1. The van der Waals surface area contributed by atoms with Crippen LogP contribution >= 0.6 is 0 Å². The van der Waals surface area contributed by atoms with Crippen LogP contribution in [-0.4, -0.2) is 17.3 Å². The van der Waals surface area contributed by atoms with Crippen molar-refractivity contribution >= 4 is 0 Å². The molecule has 0 bridgehead atoms. The molecule has 1 aromatic heterocycles. The molecule has 0 aliphatic carbocycles. The first-order valence-electron chi connectivity index (χ1n) is 6.29. The molecule has 19 heavy (non-hydrogen) atoms. The molecule has 0 aliphatic heterocycles. The second-order valence-electron chi connectivity index (χ2n) is 4.75. The summed E-state index contributed by atoms with van der Waals surface area (Å²) in [6.45, 7) is 6.50. The molecule has 0 atom stereocenters. The summed E-state index contributed by atoms with van der Waals surface area (Å²) in [6.07, 6.45) is 0. The fraction of sp³-hybridized carbons (Fsp3) is 0.429. The Labute approximate surface area is 112 Å². The zero-order valence-electron chi connectivity index (χ0n) is 11.7. The maximum absolute atomic E-state index is 5.52. The molecule has 0 amide bonds. The van der Waals surface area contributed by atoms with Gasteiger partial charge in [-0.15, -0.1) is 0 Å². The van der Waals surface area contributed by atoms with Gasteiger partial charge >= 0.3 is 0 Å². The summed E-state index contributed by atoms with van der Waals surface area (Å²) >= 11 is 0. The lowest BCUT2D eigenvalue weighted by molar-refractivity contribution is 0.380. The van der Waals surface area contributed by atoms with E-state index in [1.165, 1.54) is 0 Å². The third-order valence-electron chi connectivity index (χ3n) is 3.06. The Morgan fingerprint density at radius 1 is 1.37 bits per heavy atom. The Bertz CT molecular complexity index is 576. The number of hydrogen-bond donors (Lipinski definition) is 1. The van der Waals surface area contributed by atoms with E-state index in [-0.39, 0.29) is 6.54 Å². The van der Waals surface area contributed by atoms with Gasteiger partial charge in [-0.25, -0.2) is 0 Å². The minimum atomic E-state index is 0.243. The Balaban J connectivity index is 2.62. The monoisotopic (exact) mass is 261 g/mol. The number of nitrogens with zero attached hydrogens (tertiary/aromatic N) is 2. The van der Waals surface area contributed by atoms with Gasteiger partial charge in [-0.1, -0.05) is 31.1 Å². The topological polar surface area (TPSA) is 74.2 Å². The van der Waals surface area contributed by atoms with Crippen LogP contribution in [0.15, 0.2) is 16.7 Å². The first-order chi connectivity index (χ1) is 9.08. The first kappa shape index (κ1) is 13.5. The number of ether oxygens (including phenoxy) is 1. The Morgan fingerprint density at radius 3 is 2.63 bits per heavy atom. The van der Waals surface area contributed by atoms with Crippen molar-refractivity contribution in [2.75, 3.05) is 7.11 Å². The normalized spacial score (nSPS) is 11.1. The van der Waals surface area contributed by atoms with Gasteiger partial charge in [0.1, 0.15) is 5.75 Å². The van der Waals surface area contributed by atoms with Crippen LogP contribution in [0.3, 0.4) is 0 Å². The zero-order chi connectivity index (χ0) is 14.0. The maximum atomic E-state index is 5.52. The summed E-state index contributed by atoms with van der Waals surface area (Å²) in [5.74, 6) is 2.17. The number of rotatable bonds is 4. The van der Waals surface area contributed by atoms with E-state index in [2.05, 4.69) is 24.0 Å². The molecule has 2 rings (SSSR count). The highest BCUT2D eigenvalue weighted by Gasteiger charge is 2.19. The van der Waals surface area contributed by atoms with E-state index in [4.69, 9.17) is 15.0 Å². The minimum absolute atomic E-state index is 0.243. The predicted octanol–water partition coefficient (Wildman–Crippen LogP) is 2.64. The zero-order valence-corrected chi connectivity index (χ0v) is 11.7. The molecule has 0 saturated carbocycles. The van der Waals surface area contributed by atoms with E-state index in [1.807, 2.05) is 19.1 Å². The number of methoxy groups -OCH3 is 1. The Kier molecular flexibility index (Phi) is 3.85. The summed E-state index contributed by atoms with van der Waals surface area (Å²) in [5, 5.41) is 3.98. The van der Waals surface area contributed by atoms with E-state index in [1.54, 1.807) is 7.11 Å². The summed E-state index contributed by atoms with van der Waals surface area (Å²) in [4.78, 5) is 4.29. The fourth-order valence-electron chi connectivity index (χ4n) is 2.19. The molecule has 5 nitrogen and oxygen atoms in total. The molecule has 1 heterocycles. The quantitative estimate of drug-likeness (QED) is 0.915. The standard InChI is InChI=1S/C14H19N3O2/c1-8(2)12-10(6-5-9(3)13(12)18-4)14-16-11(7-15)19-17-14/h5-6,8H,7,15H2,1-4H3. The molecule has 0 spiro atoms.